The molecule has 1 unspecified atom stereocenters. The first kappa shape index (κ1) is 15.9. The number of nitrogens with one attached hydrogen (secondary N) is 2. The number of benzene rings is 1. The zero-order chi connectivity index (χ0) is 15.0. The molecule has 0 radical (unpaired) electrons. The summed E-state index contributed by atoms with van der Waals surface area (Å²) >= 11 is 0. The highest BCUT2D eigenvalue weighted by Crippen LogP contribution is 2.10. The molecule has 20 heavy (non-hydrogen) atoms. The van der Waals surface area contributed by atoms with Crippen molar-refractivity contribution >= 4 is 11.9 Å². The van der Waals surface area contributed by atoms with Gasteiger partial charge in [-0.2, -0.15) is 0 Å². The van der Waals surface area contributed by atoms with E-state index in [0.29, 0.717) is 12.0 Å². The predicted molar refractivity (Wildman–Crippen MR) is 77.8 cm³/mol. The summed E-state index contributed by atoms with van der Waals surface area (Å²) in [6, 6.07) is 6.25. The number of aliphatic carboxylic acids is 1. The third kappa shape index (κ3) is 4.51. The summed E-state index contributed by atoms with van der Waals surface area (Å²) in [6.45, 7) is 4.25. The number of likely N-dealkylation sites (N-methyl/N-ethyl adjacent to an activating group) is 1. The lowest BCUT2D eigenvalue weighted by molar-refractivity contribution is -0.139. The topological polar surface area (TPSA) is 78.4 Å². The van der Waals surface area contributed by atoms with E-state index in [0.717, 1.165) is 12.1 Å². The Morgan fingerprint density at radius 3 is 2.70 bits per heavy atom. The second kappa shape index (κ2) is 8.12. The van der Waals surface area contributed by atoms with Gasteiger partial charge >= 0.3 is 5.97 Å². The maximum absolute atomic E-state index is 12.2. The zero-order valence-corrected chi connectivity index (χ0v) is 11.6. The van der Waals surface area contributed by atoms with Gasteiger partial charge in [0.1, 0.15) is 6.04 Å². The van der Waals surface area contributed by atoms with Gasteiger partial charge in [-0.1, -0.05) is 24.3 Å². The summed E-state index contributed by atoms with van der Waals surface area (Å²) in [4.78, 5) is 23.2. The second-order valence-electron chi connectivity index (χ2n) is 4.40. The molecule has 1 rings (SSSR count). The molecule has 1 aromatic rings. The Bertz CT molecular complexity index is 486. The van der Waals surface area contributed by atoms with Crippen molar-refractivity contribution in [2.24, 2.45) is 0 Å². The van der Waals surface area contributed by atoms with Crippen molar-refractivity contribution in [3.8, 4) is 0 Å². The van der Waals surface area contributed by atoms with E-state index in [2.05, 4.69) is 17.2 Å². The first-order chi connectivity index (χ1) is 9.60. The Labute approximate surface area is 118 Å². The van der Waals surface area contributed by atoms with E-state index >= 15 is 0 Å². The molecule has 1 amide bonds. The quantitative estimate of drug-likeness (QED) is 0.624. The lowest BCUT2D eigenvalue weighted by Gasteiger charge is -2.14. The SMILES string of the molecule is C=CCC(NC(=O)c1ccccc1CCNC)C(=O)O. The van der Waals surface area contributed by atoms with Gasteiger partial charge in [-0.3, -0.25) is 4.79 Å². The normalized spacial score (nSPS) is 11.7. The first-order valence-corrected chi connectivity index (χ1v) is 6.47. The zero-order valence-electron chi connectivity index (χ0n) is 11.6. The number of hydrogen-bond acceptors (Lipinski definition) is 3. The van der Waals surface area contributed by atoms with Crippen molar-refractivity contribution in [2.75, 3.05) is 13.6 Å². The Kier molecular flexibility index (Phi) is 6.46. The van der Waals surface area contributed by atoms with Crippen molar-refractivity contribution in [3.05, 3.63) is 48.0 Å². The van der Waals surface area contributed by atoms with Crippen LogP contribution in [0, 0.1) is 0 Å². The van der Waals surface area contributed by atoms with Gasteiger partial charge < -0.3 is 15.7 Å². The fourth-order valence-corrected chi connectivity index (χ4v) is 1.84. The second-order valence-corrected chi connectivity index (χ2v) is 4.40. The minimum absolute atomic E-state index is 0.194. The molecule has 108 valence electrons. The van der Waals surface area contributed by atoms with Crippen LogP contribution in [0.2, 0.25) is 0 Å². The van der Waals surface area contributed by atoms with Crippen LogP contribution >= 0.6 is 0 Å². The van der Waals surface area contributed by atoms with Crippen molar-refractivity contribution < 1.29 is 14.7 Å². The number of carbonyl (C=O) groups is 2. The van der Waals surface area contributed by atoms with Gasteiger partial charge in [0.15, 0.2) is 0 Å². The molecule has 0 bridgehead atoms. The third-order valence-electron chi connectivity index (χ3n) is 2.91. The number of carboxylic acid groups (broad SMARTS) is 1. The maximum atomic E-state index is 12.2. The Morgan fingerprint density at radius 2 is 2.10 bits per heavy atom. The van der Waals surface area contributed by atoms with Crippen LogP contribution < -0.4 is 10.6 Å². The summed E-state index contributed by atoms with van der Waals surface area (Å²) < 4.78 is 0. The van der Waals surface area contributed by atoms with Crippen LogP contribution in [0.5, 0.6) is 0 Å². The average molecular weight is 276 g/mol. The molecule has 0 aliphatic rings. The van der Waals surface area contributed by atoms with Crippen LogP contribution in [0.4, 0.5) is 0 Å². The number of amides is 1. The van der Waals surface area contributed by atoms with E-state index in [9.17, 15) is 9.59 Å². The van der Waals surface area contributed by atoms with Crippen LogP contribution in [0.3, 0.4) is 0 Å². The lowest BCUT2D eigenvalue weighted by atomic mass is 10.0. The maximum Gasteiger partial charge on any atom is 0.326 e. The third-order valence-corrected chi connectivity index (χ3v) is 2.91. The molecule has 3 N–H and O–H groups in total. The first-order valence-electron chi connectivity index (χ1n) is 6.47. The molecule has 0 aromatic heterocycles. The minimum atomic E-state index is -1.06. The van der Waals surface area contributed by atoms with Crippen molar-refractivity contribution in [1.82, 2.24) is 10.6 Å². The molecule has 0 saturated carbocycles. The van der Waals surface area contributed by atoms with Gasteiger partial charge in [0, 0.05) is 5.56 Å². The molecule has 0 aliphatic carbocycles. The summed E-state index contributed by atoms with van der Waals surface area (Å²) in [5, 5.41) is 14.6. The average Bonchev–Trinajstić information content (AvgIpc) is 2.44. The number of carboxylic acids is 1. The molecule has 1 atom stereocenters. The largest absolute Gasteiger partial charge is 0.480 e. The molecule has 5 heteroatoms. The van der Waals surface area contributed by atoms with Gasteiger partial charge in [0.25, 0.3) is 5.91 Å². The highest BCUT2D eigenvalue weighted by Gasteiger charge is 2.20. The highest BCUT2D eigenvalue weighted by molar-refractivity contribution is 5.97. The van der Waals surface area contributed by atoms with Crippen LogP contribution in [0.1, 0.15) is 22.3 Å². The monoisotopic (exact) mass is 276 g/mol. The fourth-order valence-electron chi connectivity index (χ4n) is 1.84. The Morgan fingerprint density at radius 1 is 1.40 bits per heavy atom. The van der Waals surface area contributed by atoms with Crippen LogP contribution in [0.25, 0.3) is 0 Å². The van der Waals surface area contributed by atoms with Gasteiger partial charge in [-0.15, -0.1) is 6.58 Å². The number of hydrogen-bond donors (Lipinski definition) is 3. The van der Waals surface area contributed by atoms with Crippen LogP contribution in [-0.4, -0.2) is 36.6 Å². The molecule has 0 saturated heterocycles. The molecular formula is C15H20N2O3. The predicted octanol–water partition coefficient (Wildman–Crippen LogP) is 1.21. The van der Waals surface area contributed by atoms with Gasteiger partial charge in [-0.25, -0.2) is 4.79 Å². The molecule has 0 fully saturated rings. The molecule has 0 aliphatic heterocycles. The van der Waals surface area contributed by atoms with E-state index in [1.165, 1.54) is 6.08 Å². The lowest BCUT2D eigenvalue weighted by Crippen LogP contribution is -2.40. The molecule has 0 heterocycles. The Balaban J connectivity index is 2.85. The van der Waals surface area contributed by atoms with Gasteiger partial charge in [0.2, 0.25) is 0 Å². The van der Waals surface area contributed by atoms with Crippen molar-refractivity contribution in [3.63, 3.8) is 0 Å². The number of rotatable bonds is 8. The summed E-state index contributed by atoms with van der Waals surface area (Å²) in [5.41, 5.74) is 1.40. The van der Waals surface area contributed by atoms with E-state index in [4.69, 9.17) is 5.11 Å². The van der Waals surface area contributed by atoms with Crippen molar-refractivity contribution in [1.29, 1.82) is 0 Å². The van der Waals surface area contributed by atoms with Gasteiger partial charge in [-0.05, 0) is 38.1 Å². The van der Waals surface area contributed by atoms with Gasteiger partial charge in [0.05, 0.1) is 0 Å². The molecule has 1 aromatic carbocycles. The standard InChI is InChI=1S/C15H20N2O3/c1-3-6-13(15(19)20)17-14(18)12-8-5-4-7-11(12)9-10-16-2/h3-5,7-8,13,16H,1,6,9-10H2,2H3,(H,17,18)(H,19,20). The summed E-state index contributed by atoms with van der Waals surface area (Å²) in [7, 11) is 1.84. The smallest absolute Gasteiger partial charge is 0.326 e. The number of carbonyl (C=O) groups excluding carboxylic acids is 1. The molecule has 0 spiro atoms. The minimum Gasteiger partial charge on any atom is -0.480 e. The van der Waals surface area contributed by atoms with Crippen molar-refractivity contribution in [2.45, 2.75) is 18.9 Å². The highest BCUT2D eigenvalue weighted by atomic mass is 16.4. The summed E-state index contributed by atoms with van der Waals surface area (Å²) in [5.74, 6) is -1.43. The van der Waals surface area contributed by atoms with E-state index in [1.807, 2.05) is 19.2 Å². The molecular weight excluding hydrogens is 256 g/mol. The van der Waals surface area contributed by atoms with E-state index in [1.54, 1.807) is 12.1 Å². The van der Waals surface area contributed by atoms with E-state index < -0.39 is 12.0 Å². The van der Waals surface area contributed by atoms with Crippen LogP contribution in [-0.2, 0) is 11.2 Å². The van der Waals surface area contributed by atoms with Crippen LogP contribution in [0.15, 0.2) is 36.9 Å². The van der Waals surface area contributed by atoms with E-state index in [-0.39, 0.29) is 12.3 Å². The summed E-state index contributed by atoms with van der Waals surface area (Å²) in [6.07, 6.45) is 2.38. The molecule has 5 nitrogen and oxygen atoms in total. The Hall–Kier alpha value is -2.14. The fraction of sp³-hybridized carbons (Fsp3) is 0.333.